The summed E-state index contributed by atoms with van der Waals surface area (Å²) >= 11 is 0. The molecule has 0 bridgehead atoms. The van der Waals surface area contributed by atoms with Crippen molar-refractivity contribution in [1.29, 1.82) is 0 Å². The van der Waals surface area contributed by atoms with Crippen LogP contribution in [0.3, 0.4) is 0 Å². The summed E-state index contributed by atoms with van der Waals surface area (Å²) in [6.07, 6.45) is -0.451. The summed E-state index contributed by atoms with van der Waals surface area (Å²) in [5, 5.41) is 0. The Morgan fingerprint density at radius 1 is 1.26 bits per heavy atom. The predicted molar refractivity (Wildman–Crippen MR) is 80.3 cm³/mol. The lowest BCUT2D eigenvalue weighted by Gasteiger charge is -2.33. The van der Waals surface area contributed by atoms with E-state index in [1.165, 1.54) is 22.4 Å². The lowest BCUT2D eigenvalue weighted by Crippen LogP contribution is -2.50. The fraction of sp³-hybridized carbons (Fsp3) is 0.500. The minimum Gasteiger partial charge on any atom is -0.494 e. The van der Waals surface area contributed by atoms with Gasteiger partial charge >= 0.3 is 6.09 Å². The van der Waals surface area contributed by atoms with Gasteiger partial charge < -0.3 is 14.4 Å². The molecule has 9 heteroatoms. The maximum absolute atomic E-state index is 13.4. The number of sulfonamides is 1. The first kappa shape index (κ1) is 17.5. The molecule has 1 aliphatic heterocycles. The van der Waals surface area contributed by atoms with E-state index in [1.54, 1.807) is 6.92 Å². The van der Waals surface area contributed by atoms with Gasteiger partial charge in [0.25, 0.3) is 0 Å². The van der Waals surface area contributed by atoms with Crippen molar-refractivity contribution < 1.29 is 27.1 Å². The van der Waals surface area contributed by atoms with Gasteiger partial charge in [0.2, 0.25) is 10.0 Å². The molecular weight excluding hydrogens is 327 g/mol. The van der Waals surface area contributed by atoms with Gasteiger partial charge in [-0.05, 0) is 19.1 Å². The van der Waals surface area contributed by atoms with Crippen LogP contribution in [0, 0.1) is 5.82 Å². The number of piperazine rings is 1. The van der Waals surface area contributed by atoms with Crippen LogP contribution < -0.4 is 4.74 Å². The van der Waals surface area contributed by atoms with E-state index in [2.05, 4.69) is 0 Å². The van der Waals surface area contributed by atoms with Crippen LogP contribution in [0.5, 0.6) is 5.75 Å². The standard InChI is InChI=1S/C14H19FN2O5S/c1-3-22-14(18)16-6-8-17(9-7-16)23(19,20)11-4-5-12(15)13(10-11)21-2/h4-5,10H,3,6-9H2,1-2H3. The quantitative estimate of drug-likeness (QED) is 0.821. The number of halogens is 1. The van der Waals surface area contributed by atoms with Gasteiger partial charge in [0, 0.05) is 32.2 Å². The lowest BCUT2D eigenvalue weighted by atomic mass is 10.3. The zero-order valence-electron chi connectivity index (χ0n) is 13.0. The van der Waals surface area contributed by atoms with Gasteiger partial charge in [-0.3, -0.25) is 0 Å². The Balaban J connectivity index is 2.11. The molecule has 1 aromatic carbocycles. The maximum atomic E-state index is 13.4. The summed E-state index contributed by atoms with van der Waals surface area (Å²) in [5.74, 6) is -0.755. The molecule has 1 aliphatic rings. The first-order chi connectivity index (χ1) is 10.9. The SMILES string of the molecule is CCOC(=O)N1CCN(S(=O)(=O)c2ccc(F)c(OC)c2)CC1. The summed E-state index contributed by atoms with van der Waals surface area (Å²) < 4.78 is 49.6. The van der Waals surface area contributed by atoms with Crippen molar-refractivity contribution in [2.75, 3.05) is 39.9 Å². The third-order valence-corrected chi connectivity index (χ3v) is 5.42. The van der Waals surface area contributed by atoms with Gasteiger partial charge in [-0.1, -0.05) is 0 Å². The third-order valence-electron chi connectivity index (χ3n) is 3.53. The van der Waals surface area contributed by atoms with Crippen LogP contribution in [0.15, 0.2) is 23.1 Å². The molecule has 1 aromatic rings. The van der Waals surface area contributed by atoms with E-state index in [1.807, 2.05) is 0 Å². The molecule has 7 nitrogen and oxygen atoms in total. The number of ether oxygens (including phenoxy) is 2. The Bertz CT molecular complexity index is 672. The molecule has 0 unspecified atom stereocenters. The number of carbonyl (C=O) groups is 1. The van der Waals surface area contributed by atoms with Crippen LogP contribution in [0.4, 0.5) is 9.18 Å². The second-order valence-corrected chi connectivity index (χ2v) is 6.82. The molecule has 0 saturated carbocycles. The van der Waals surface area contributed by atoms with Crippen LogP contribution >= 0.6 is 0 Å². The zero-order chi connectivity index (χ0) is 17.0. The number of benzene rings is 1. The first-order valence-corrected chi connectivity index (χ1v) is 8.59. The molecule has 1 fully saturated rings. The van der Waals surface area contributed by atoms with Crippen LogP contribution in [-0.4, -0.2) is 63.6 Å². The summed E-state index contributed by atoms with van der Waals surface area (Å²) in [4.78, 5) is 13.0. The smallest absolute Gasteiger partial charge is 0.409 e. The van der Waals surface area contributed by atoms with Gasteiger partial charge in [-0.25, -0.2) is 17.6 Å². The lowest BCUT2D eigenvalue weighted by molar-refractivity contribution is 0.0934. The molecule has 0 radical (unpaired) electrons. The Morgan fingerprint density at radius 2 is 1.91 bits per heavy atom. The van der Waals surface area contributed by atoms with Crippen molar-refractivity contribution in [1.82, 2.24) is 9.21 Å². The highest BCUT2D eigenvalue weighted by atomic mass is 32.2. The highest BCUT2D eigenvalue weighted by Crippen LogP contribution is 2.24. The molecule has 1 saturated heterocycles. The topological polar surface area (TPSA) is 76.2 Å². The van der Waals surface area contributed by atoms with Gasteiger partial charge in [0.15, 0.2) is 11.6 Å². The number of amides is 1. The highest BCUT2D eigenvalue weighted by Gasteiger charge is 2.31. The molecule has 23 heavy (non-hydrogen) atoms. The monoisotopic (exact) mass is 346 g/mol. The van der Waals surface area contributed by atoms with Crippen LogP contribution in [0.25, 0.3) is 0 Å². The fourth-order valence-corrected chi connectivity index (χ4v) is 3.71. The highest BCUT2D eigenvalue weighted by molar-refractivity contribution is 7.89. The fourth-order valence-electron chi connectivity index (χ4n) is 2.28. The maximum Gasteiger partial charge on any atom is 0.409 e. The number of methoxy groups -OCH3 is 1. The van der Waals surface area contributed by atoms with E-state index in [9.17, 15) is 17.6 Å². The number of hydrogen-bond donors (Lipinski definition) is 0. The molecule has 1 heterocycles. The first-order valence-electron chi connectivity index (χ1n) is 7.15. The van der Waals surface area contributed by atoms with Crippen molar-refractivity contribution >= 4 is 16.1 Å². The average molecular weight is 346 g/mol. The number of carbonyl (C=O) groups excluding carboxylic acids is 1. The second kappa shape index (κ2) is 7.14. The normalized spacial score (nSPS) is 16.2. The molecule has 0 aromatic heterocycles. The Hall–Kier alpha value is -1.87. The third kappa shape index (κ3) is 3.73. The summed E-state index contributed by atoms with van der Waals surface area (Å²) in [6, 6.07) is 3.41. The van der Waals surface area contributed by atoms with E-state index in [0.29, 0.717) is 0 Å². The molecule has 0 N–H and O–H groups in total. The number of hydrogen-bond acceptors (Lipinski definition) is 5. The van der Waals surface area contributed by atoms with E-state index >= 15 is 0 Å². The van der Waals surface area contributed by atoms with E-state index in [4.69, 9.17) is 9.47 Å². The molecular formula is C14H19FN2O5S. The van der Waals surface area contributed by atoms with Crippen molar-refractivity contribution in [3.8, 4) is 5.75 Å². The number of rotatable bonds is 4. The van der Waals surface area contributed by atoms with Gasteiger partial charge in [-0.15, -0.1) is 0 Å². The van der Waals surface area contributed by atoms with E-state index in [0.717, 1.165) is 12.1 Å². The molecule has 1 amide bonds. The summed E-state index contributed by atoms with van der Waals surface area (Å²) in [6.45, 7) is 2.78. The molecule has 2 rings (SSSR count). The van der Waals surface area contributed by atoms with Gasteiger partial charge in [0.1, 0.15) is 0 Å². The van der Waals surface area contributed by atoms with E-state index in [-0.39, 0.29) is 43.4 Å². The van der Waals surface area contributed by atoms with Crippen LogP contribution in [0.1, 0.15) is 6.92 Å². The van der Waals surface area contributed by atoms with Crippen LogP contribution in [-0.2, 0) is 14.8 Å². The van der Waals surface area contributed by atoms with Gasteiger partial charge in [0.05, 0.1) is 18.6 Å². The molecule has 0 aliphatic carbocycles. The van der Waals surface area contributed by atoms with Crippen molar-refractivity contribution in [2.45, 2.75) is 11.8 Å². The number of nitrogens with zero attached hydrogens (tertiary/aromatic N) is 2. The van der Waals surface area contributed by atoms with E-state index < -0.39 is 21.9 Å². The summed E-state index contributed by atoms with van der Waals surface area (Å²) in [7, 11) is -2.49. The summed E-state index contributed by atoms with van der Waals surface area (Å²) in [5.41, 5.74) is 0. The van der Waals surface area contributed by atoms with Crippen molar-refractivity contribution in [3.63, 3.8) is 0 Å². The Kier molecular flexibility index (Phi) is 5.42. The predicted octanol–water partition coefficient (Wildman–Crippen LogP) is 1.30. The Labute approximate surface area is 134 Å². The van der Waals surface area contributed by atoms with Gasteiger partial charge in [-0.2, -0.15) is 4.31 Å². The minimum absolute atomic E-state index is 0.0414. The van der Waals surface area contributed by atoms with Crippen molar-refractivity contribution in [3.05, 3.63) is 24.0 Å². The largest absolute Gasteiger partial charge is 0.494 e. The molecule has 0 spiro atoms. The second-order valence-electron chi connectivity index (χ2n) is 4.89. The Morgan fingerprint density at radius 3 is 2.48 bits per heavy atom. The average Bonchev–Trinajstić information content (AvgIpc) is 2.55. The molecule has 128 valence electrons. The van der Waals surface area contributed by atoms with Crippen LogP contribution in [0.2, 0.25) is 0 Å². The zero-order valence-corrected chi connectivity index (χ0v) is 13.8. The van der Waals surface area contributed by atoms with Crippen molar-refractivity contribution in [2.24, 2.45) is 0 Å². The molecule has 0 atom stereocenters. The minimum atomic E-state index is -3.76.